The molecule has 0 unspecified atom stereocenters. The molecule has 0 spiro atoms. The average molecular weight is 346 g/mol. The summed E-state index contributed by atoms with van der Waals surface area (Å²) < 4.78 is 5.26. The van der Waals surface area contributed by atoms with E-state index in [1.54, 1.807) is 13.1 Å². The number of hydrogen-bond acceptors (Lipinski definition) is 3. The molecule has 0 saturated carbocycles. The number of allylic oxidation sites excluding steroid dienone is 1. The zero-order chi connectivity index (χ0) is 18.9. The maximum absolute atomic E-state index is 11.9. The standard InChI is InChI=1S/C20H30N2O3/c1-16(11-12-17-9-7-6-8-10-17)15-18(23)21-13-14-22(5)19(24)25-20(2,3)4/h6-10,15H,11-14H2,1-5H3,(H,21,23)/b16-15-. The fourth-order valence-corrected chi connectivity index (χ4v) is 2.11. The molecule has 0 bridgehead atoms. The summed E-state index contributed by atoms with van der Waals surface area (Å²) >= 11 is 0. The van der Waals surface area contributed by atoms with E-state index in [0.717, 1.165) is 18.4 Å². The maximum Gasteiger partial charge on any atom is 0.410 e. The lowest BCUT2D eigenvalue weighted by Gasteiger charge is -2.24. The fraction of sp³-hybridized carbons (Fsp3) is 0.500. The summed E-state index contributed by atoms with van der Waals surface area (Å²) in [4.78, 5) is 25.2. The predicted octanol–water partition coefficient (Wildman–Crippen LogP) is 3.55. The van der Waals surface area contributed by atoms with Crippen LogP contribution in [0, 0.1) is 0 Å². The Kier molecular flexibility index (Phi) is 8.19. The number of carbonyl (C=O) groups is 2. The first-order valence-electron chi connectivity index (χ1n) is 8.60. The highest BCUT2D eigenvalue weighted by atomic mass is 16.6. The molecule has 0 aliphatic heterocycles. The molecule has 0 aromatic heterocycles. The Labute approximate surface area is 151 Å². The molecule has 0 heterocycles. The molecule has 1 N–H and O–H groups in total. The van der Waals surface area contributed by atoms with E-state index in [4.69, 9.17) is 4.74 Å². The third kappa shape index (κ3) is 9.55. The van der Waals surface area contributed by atoms with E-state index in [1.165, 1.54) is 10.5 Å². The highest BCUT2D eigenvalue weighted by Gasteiger charge is 2.19. The Morgan fingerprint density at radius 3 is 2.44 bits per heavy atom. The Morgan fingerprint density at radius 1 is 1.20 bits per heavy atom. The number of nitrogens with one attached hydrogen (secondary N) is 1. The Balaban J connectivity index is 2.30. The van der Waals surface area contributed by atoms with Crippen molar-refractivity contribution >= 4 is 12.0 Å². The lowest BCUT2D eigenvalue weighted by atomic mass is 10.1. The summed E-state index contributed by atoms with van der Waals surface area (Å²) in [6, 6.07) is 10.2. The number of benzene rings is 1. The molecule has 1 aromatic rings. The molecule has 0 saturated heterocycles. The minimum Gasteiger partial charge on any atom is -0.444 e. The molecule has 2 amide bonds. The van der Waals surface area contributed by atoms with Crippen LogP contribution in [0.4, 0.5) is 4.79 Å². The summed E-state index contributed by atoms with van der Waals surface area (Å²) in [5.41, 5.74) is 1.77. The molecule has 1 aromatic carbocycles. The van der Waals surface area contributed by atoms with Crippen molar-refractivity contribution < 1.29 is 14.3 Å². The van der Waals surface area contributed by atoms with Crippen molar-refractivity contribution in [1.29, 1.82) is 0 Å². The molecule has 5 nitrogen and oxygen atoms in total. The topological polar surface area (TPSA) is 58.6 Å². The van der Waals surface area contributed by atoms with Crippen molar-refractivity contribution in [2.45, 2.75) is 46.1 Å². The van der Waals surface area contributed by atoms with Crippen molar-refractivity contribution in [1.82, 2.24) is 10.2 Å². The number of rotatable bonds is 7. The highest BCUT2D eigenvalue weighted by molar-refractivity contribution is 5.88. The first-order chi connectivity index (χ1) is 11.7. The van der Waals surface area contributed by atoms with E-state index >= 15 is 0 Å². The largest absolute Gasteiger partial charge is 0.444 e. The van der Waals surface area contributed by atoms with Gasteiger partial charge < -0.3 is 15.0 Å². The number of likely N-dealkylation sites (N-methyl/N-ethyl adjacent to an activating group) is 1. The van der Waals surface area contributed by atoms with Gasteiger partial charge in [-0.3, -0.25) is 4.79 Å². The number of amides is 2. The molecule has 25 heavy (non-hydrogen) atoms. The first-order valence-corrected chi connectivity index (χ1v) is 8.60. The minimum absolute atomic E-state index is 0.136. The van der Waals surface area contributed by atoms with Gasteiger partial charge in [0.2, 0.25) is 5.91 Å². The zero-order valence-electron chi connectivity index (χ0n) is 16.0. The van der Waals surface area contributed by atoms with E-state index in [0.29, 0.717) is 13.1 Å². The highest BCUT2D eigenvalue weighted by Crippen LogP contribution is 2.09. The lowest BCUT2D eigenvalue weighted by Crippen LogP contribution is -2.38. The van der Waals surface area contributed by atoms with Crippen molar-refractivity contribution in [3.8, 4) is 0 Å². The Morgan fingerprint density at radius 2 is 1.84 bits per heavy atom. The van der Waals surface area contributed by atoms with E-state index in [1.807, 2.05) is 45.9 Å². The molecular weight excluding hydrogens is 316 g/mol. The maximum atomic E-state index is 11.9. The summed E-state index contributed by atoms with van der Waals surface area (Å²) in [6.45, 7) is 8.21. The third-order valence-electron chi connectivity index (χ3n) is 3.48. The van der Waals surface area contributed by atoms with Crippen LogP contribution in [0.2, 0.25) is 0 Å². The van der Waals surface area contributed by atoms with Crippen LogP contribution in [0.25, 0.3) is 0 Å². The van der Waals surface area contributed by atoms with E-state index in [-0.39, 0.29) is 5.91 Å². The van der Waals surface area contributed by atoms with Crippen LogP contribution in [0.1, 0.15) is 39.7 Å². The fourth-order valence-electron chi connectivity index (χ4n) is 2.11. The molecule has 1 rings (SSSR count). The number of nitrogens with zero attached hydrogens (tertiary/aromatic N) is 1. The Hall–Kier alpha value is -2.30. The van der Waals surface area contributed by atoms with Crippen LogP contribution < -0.4 is 5.32 Å². The van der Waals surface area contributed by atoms with E-state index < -0.39 is 11.7 Å². The SMILES string of the molecule is C/C(=C/C(=O)NCCN(C)C(=O)OC(C)(C)C)CCc1ccccc1. The number of aryl methyl sites for hydroxylation is 1. The molecule has 0 radical (unpaired) electrons. The molecule has 138 valence electrons. The van der Waals surface area contributed by atoms with E-state index in [2.05, 4.69) is 17.4 Å². The van der Waals surface area contributed by atoms with Gasteiger partial charge in [0.15, 0.2) is 0 Å². The molecule has 0 atom stereocenters. The monoisotopic (exact) mass is 346 g/mol. The van der Waals surface area contributed by atoms with Gasteiger partial charge in [-0.2, -0.15) is 0 Å². The second kappa shape index (κ2) is 9.87. The second-order valence-electron chi connectivity index (χ2n) is 7.17. The lowest BCUT2D eigenvalue weighted by molar-refractivity contribution is -0.116. The average Bonchev–Trinajstić information content (AvgIpc) is 2.52. The van der Waals surface area contributed by atoms with Crippen molar-refractivity contribution in [2.75, 3.05) is 20.1 Å². The third-order valence-corrected chi connectivity index (χ3v) is 3.48. The summed E-state index contributed by atoms with van der Waals surface area (Å²) in [7, 11) is 1.65. The van der Waals surface area contributed by atoms with Crippen LogP contribution >= 0.6 is 0 Å². The van der Waals surface area contributed by atoms with Crippen molar-refractivity contribution in [2.24, 2.45) is 0 Å². The van der Waals surface area contributed by atoms with Crippen molar-refractivity contribution in [3.05, 3.63) is 47.5 Å². The molecule has 5 heteroatoms. The van der Waals surface area contributed by atoms with Gasteiger partial charge in [0.25, 0.3) is 0 Å². The van der Waals surface area contributed by atoms with Gasteiger partial charge in [0, 0.05) is 26.2 Å². The Bertz CT molecular complexity index is 589. The number of carbonyl (C=O) groups excluding carboxylic acids is 2. The first kappa shape index (κ1) is 20.7. The van der Waals surface area contributed by atoms with Crippen LogP contribution in [0.5, 0.6) is 0 Å². The normalized spacial score (nSPS) is 11.8. The van der Waals surface area contributed by atoms with Crippen LogP contribution in [0.3, 0.4) is 0 Å². The summed E-state index contributed by atoms with van der Waals surface area (Å²) in [6.07, 6.45) is 2.99. The van der Waals surface area contributed by atoms with Gasteiger partial charge in [-0.15, -0.1) is 0 Å². The minimum atomic E-state index is -0.521. The molecular formula is C20H30N2O3. The van der Waals surface area contributed by atoms with Gasteiger partial charge in [-0.25, -0.2) is 4.79 Å². The number of ether oxygens (including phenoxy) is 1. The predicted molar refractivity (Wildman–Crippen MR) is 100 cm³/mol. The van der Waals surface area contributed by atoms with Gasteiger partial charge in [-0.05, 0) is 46.1 Å². The smallest absolute Gasteiger partial charge is 0.410 e. The molecule has 0 aliphatic rings. The molecule has 0 fully saturated rings. The van der Waals surface area contributed by atoms with Crippen molar-refractivity contribution in [3.63, 3.8) is 0 Å². The second-order valence-corrected chi connectivity index (χ2v) is 7.17. The summed E-state index contributed by atoms with van der Waals surface area (Å²) in [5.74, 6) is -0.136. The van der Waals surface area contributed by atoms with Gasteiger partial charge in [-0.1, -0.05) is 35.9 Å². The van der Waals surface area contributed by atoms with Gasteiger partial charge >= 0.3 is 6.09 Å². The van der Waals surface area contributed by atoms with E-state index in [9.17, 15) is 9.59 Å². The summed E-state index contributed by atoms with van der Waals surface area (Å²) in [5, 5.41) is 2.80. The number of hydrogen-bond donors (Lipinski definition) is 1. The molecule has 0 aliphatic carbocycles. The van der Waals surface area contributed by atoms with Crippen LogP contribution in [-0.4, -0.2) is 42.6 Å². The van der Waals surface area contributed by atoms with Crippen LogP contribution in [0.15, 0.2) is 42.0 Å². The van der Waals surface area contributed by atoms with Crippen LogP contribution in [-0.2, 0) is 16.0 Å². The quantitative estimate of drug-likeness (QED) is 0.768. The van der Waals surface area contributed by atoms with Gasteiger partial charge in [0.1, 0.15) is 5.60 Å². The van der Waals surface area contributed by atoms with Gasteiger partial charge in [0.05, 0.1) is 0 Å². The zero-order valence-corrected chi connectivity index (χ0v) is 16.0.